The van der Waals surface area contributed by atoms with Crippen molar-refractivity contribution in [3.05, 3.63) is 0 Å². The van der Waals surface area contributed by atoms with E-state index in [0.29, 0.717) is 18.8 Å². The summed E-state index contributed by atoms with van der Waals surface area (Å²) in [6.07, 6.45) is 3.65. The van der Waals surface area contributed by atoms with E-state index in [1.165, 1.54) is 6.42 Å². The molecule has 2 aliphatic carbocycles. The average molecular weight is 286 g/mol. The molecule has 1 saturated heterocycles. The van der Waals surface area contributed by atoms with Crippen LogP contribution >= 0.6 is 0 Å². The molecule has 0 aromatic heterocycles. The van der Waals surface area contributed by atoms with E-state index in [9.17, 15) is 13.6 Å². The van der Waals surface area contributed by atoms with Gasteiger partial charge in [0, 0.05) is 24.8 Å². The van der Waals surface area contributed by atoms with Gasteiger partial charge in [0.1, 0.15) is 0 Å². The quantitative estimate of drug-likeness (QED) is 0.818. The highest BCUT2D eigenvalue weighted by atomic mass is 19.3. The lowest BCUT2D eigenvalue weighted by Crippen LogP contribution is -2.44. The molecule has 1 aliphatic heterocycles. The van der Waals surface area contributed by atoms with E-state index in [2.05, 4.69) is 10.6 Å². The van der Waals surface area contributed by atoms with Crippen LogP contribution in [-0.2, 0) is 4.79 Å². The third-order valence-electron chi connectivity index (χ3n) is 5.39. The zero-order valence-corrected chi connectivity index (χ0v) is 11.8. The van der Waals surface area contributed by atoms with Crippen molar-refractivity contribution in [2.45, 2.75) is 56.9 Å². The van der Waals surface area contributed by atoms with Crippen LogP contribution in [0, 0.1) is 17.8 Å². The molecule has 20 heavy (non-hydrogen) atoms. The van der Waals surface area contributed by atoms with Gasteiger partial charge in [0.05, 0.1) is 0 Å². The second-order valence-electron chi connectivity index (χ2n) is 6.83. The van der Waals surface area contributed by atoms with Crippen LogP contribution in [0.4, 0.5) is 8.78 Å². The molecule has 1 unspecified atom stereocenters. The van der Waals surface area contributed by atoms with Gasteiger partial charge in [0.15, 0.2) is 0 Å². The Morgan fingerprint density at radius 2 is 1.75 bits per heavy atom. The van der Waals surface area contributed by atoms with Crippen LogP contribution in [0.2, 0.25) is 0 Å². The van der Waals surface area contributed by atoms with E-state index < -0.39 is 5.92 Å². The van der Waals surface area contributed by atoms with Crippen molar-refractivity contribution in [1.29, 1.82) is 0 Å². The van der Waals surface area contributed by atoms with Crippen molar-refractivity contribution in [1.82, 2.24) is 10.6 Å². The van der Waals surface area contributed by atoms with Gasteiger partial charge in [0.2, 0.25) is 11.8 Å². The molecule has 0 radical (unpaired) electrons. The van der Waals surface area contributed by atoms with Crippen molar-refractivity contribution >= 4 is 5.91 Å². The Morgan fingerprint density at radius 3 is 2.50 bits per heavy atom. The van der Waals surface area contributed by atoms with Gasteiger partial charge >= 0.3 is 0 Å². The second kappa shape index (κ2) is 5.58. The molecule has 2 N–H and O–H groups in total. The first-order valence-corrected chi connectivity index (χ1v) is 7.92. The Kier molecular flexibility index (Phi) is 3.98. The SMILES string of the molecule is O=C(NC1CC[C@H]2CNC[C@H]2C1)C1CCC(F)(F)CC1. The van der Waals surface area contributed by atoms with Crippen LogP contribution in [-0.4, -0.2) is 31.0 Å². The maximum Gasteiger partial charge on any atom is 0.248 e. The molecule has 0 aromatic rings. The summed E-state index contributed by atoms with van der Waals surface area (Å²) in [4.78, 5) is 12.2. The molecule has 3 atom stereocenters. The summed E-state index contributed by atoms with van der Waals surface area (Å²) in [5.74, 6) is -1.28. The van der Waals surface area contributed by atoms with Crippen molar-refractivity contribution < 1.29 is 13.6 Å². The van der Waals surface area contributed by atoms with Gasteiger partial charge in [-0.25, -0.2) is 8.78 Å². The first kappa shape index (κ1) is 14.2. The monoisotopic (exact) mass is 286 g/mol. The fourth-order valence-corrected chi connectivity index (χ4v) is 4.05. The summed E-state index contributed by atoms with van der Waals surface area (Å²) in [6.45, 7) is 2.18. The smallest absolute Gasteiger partial charge is 0.248 e. The van der Waals surface area contributed by atoms with Crippen LogP contribution in [0.25, 0.3) is 0 Å². The van der Waals surface area contributed by atoms with E-state index in [-0.39, 0.29) is 30.7 Å². The van der Waals surface area contributed by atoms with Crippen molar-refractivity contribution in [3.8, 4) is 0 Å². The molecular formula is C15H24F2N2O. The largest absolute Gasteiger partial charge is 0.353 e. The summed E-state index contributed by atoms with van der Waals surface area (Å²) >= 11 is 0. The van der Waals surface area contributed by atoms with Gasteiger partial charge in [-0.2, -0.15) is 0 Å². The van der Waals surface area contributed by atoms with Crippen LogP contribution in [0.3, 0.4) is 0 Å². The Balaban J connectivity index is 1.47. The van der Waals surface area contributed by atoms with Crippen molar-refractivity contribution in [2.24, 2.45) is 17.8 Å². The molecule has 3 aliphatic rings. The number of amides is 1. The lowest BCUT2D eigenvalue weighted by atomic mass is 9.78. The summed E-state index contributed by atoms with van der Waals surface area (Å²) < 4.78 is 26.2. The fourth-order valence-electron chi connectivity index (χ4n) is 4.05. The van der Waals surface area contributed by atoms with Crippen LogP contribution in [0.15, 0.2) is 0 Å². The summed E-state index contributed by atoms with van der Waals surface area (Å²) in [7, 11) is 0. The van der Waals surface area contributed by atoms with Crippen LogP contribution in [0.5, 0.6) is 0 Å². The molecule has 0 spiro atoms. The normalized spacial score (nSPS) is 37.4. The van der Waals surface area contributed by atoms with Gasteiger partial charge in [0.25, 0.3) is 0 Å². The summed E-state index contributed by atoms with van der Waals surface area (Å²) in [5.41, 5.74) is 0. The Morgan fingerprint density at radius 1 is 1.05 bits per heavy atom. The molecule has 3 fully saturated rings. The topological polar surface area (TPSA) is 41.1 Å². The van der Waals surface area contributed by atoms with Crippen LogP contribution in [0.1, 0.15) is 44.9 Å². The average Bonchev–Trinajstić information content (AvgIpc) is 2.86. The van der Waals surface area contributed by atoms with Crippen molar-refractivity contribution in [2.75, 3.05) is 13.1 Å². The second-order valence-corrected chi connectivity index (χ2v) is 6.83. The molecular weight excluding hydrogens is 262 g/mol. The zero-order valence-electron chi connectivity index (χ0n) is 11.8. The van der Waals surface area contributed by atoms with Crippen LogP contribution < -0.4 is 10.6 Å². The number of rotatable bonds is 2. The highest BCUT2D eigenvalue weighted by molar-refractivity contribution is 5.79. The summed E-state index contributed by atoms with van der Waals surface area (Å²) in [5, 5.41) is 6.53. The van der Waals surface area contributed by atoms with Crippen molar-refractivity contribution in [3.63, 3.8) is 0 Å². The van der Waals surface area contributed by atoms with Gasteiger partial charge in [-0.05, 0) is 57.0 Å². The van der Waals surface area contributed by atoms with Gasteiger partial charge in [-0.1, -0.05) is 0 Å². The number of hydrogen-bond donors (Lipinski definition) is 2. The van der Waals surface area contributed by atoms with E-state index in [1.807, 2.05) is 0 Å². The first-order chi connectivity index (χ1) is 9.53. The van der Waals surface area contributed by atoms with Gasteiger partial charge in [-0.15, -0.1) is 0 Å². The van der Waals surface area contributed by atoms with Gasteiger partial charge in [-0.3, -0.25) is 4.79 Å². The minimum Gasteiger partial charge on any atom is -0.353 e. The van der Waals surface area contributed by atoms with E-state index >= 15 is 0 Å². The number of hydrogen-bond acceptors (Lipinski definition) is 2. The number of fused-ring (bicyclic) bond motifs is 1. The van der Waals surface area contributed by atoms with E-state index in [1.54, 1.807) is 0 Å². The molecule has 3 nitrogen and oxygen atoms in total. The molecule has 5 heteroatoms. The Hall–Kier alpha value is -0.710. The standard InChI is InChI=1S/C15H24F2N2O/c16-15(17)5-3-10(4-6-15)14(20)19-13-2-1-11-8-18-9-12(11)7-13/h10-13,18H,1-9H2,(H,19,20)/t11-,12+,13?/m0/s1. The third kappa shape index (κ3) is 3.13. The number of alkyl halides is 2. The number of halogens is 2. The lowest BCUT2D eigenvalue weighted by Gasteiger charge is -2.33. The Bertz CT molecular complexity index is 365. The fraction of sp³-hybridized carbons (Fsp3) is 0.933. The molecule has 1 heterocycles. The minimum absolute atomic E-state index is 0.00917. The van der Waals surface area contributed by atoms with E-state index in [0.717, 1.165) is 31.8 Å². The highest BCUT2D eigenvalue weighted by Crippen LogP contribution is 2.37. The molecule has 0 bridgehead atoms. The number of carbonyl (C=O) groups is 1. The maximum atomic E-state index is 13.1. The molecule has 0 aromatic carbocycles. The third-order valence-corrected chi connectivity index (χ3v) is 5.39. The van der Waals surface area contributed by atoms with E-state index in [4.69, 9.17) is 0 Å². The first-order valence-electron chi connectivity index (χ1n) is 7.92. The Labute approximate surface area is 118 Å². The maximum absolute atomic E-state index is 13.1. The number of nitrogens with one attached hydrogen (secondary N) is 2. The summed E-state index contributed by atoms with van der Waals surface area (Å²) in [6, 6.07) is 0.256. The predicted molar refractivity (Wildman–Crippen MR) is 72.5 cm³/mol. The molecule has 2 saturated carbocycles. The highest BCUT2D eigenvalue weighted by Gasteiger charge is 2.39. The minimum atomic E-state index is -2.55. The zero-order chi connectivity index (χ0) is 14.2. The lowest BCUT2D eigenvalue weighted by molar-refractivity contribution is -0.130. The molecule has 3 rings (SSSR count). The predicted octanol–water partition coefficient (Wildman–Crippen LogP) is 2.32. The van der Waals surface area contributed by atoms with Gasteiger partial charge < -0.3 is 10.6 Å². The number of carbonyl (C=O) groups excluding carboxylic acids is 1. The molecule has 1 amide bonds. The molecule has 114 valence electrons.